The third-order valence-electron chi connectivity index (χ3n) is 4.84. The Morgan fingerprint density at radius 1 is 1.13 bits per heavy atom. The van der Waals surface area contributed by atoms with Crippen molar-refractivity contribution in [1.29, 1.82) is 0 Å². The van der Waals surface area contributed by atoms with Gasteiger partial charge in [0.2, 0.25) is 11.8 Å². The minimum absolute atomic E-state index is 0.0489. The average molecular weight is 316 g/mol. The lowest BCUT2D eigenvalue weighted by Crippen LogP contribution is -2.49. The molecule has 2 aliphatic heterocycles. The molecule has 2 amide bonds. The molecule has 5 heteroatoms. The minimum Gasteiger partial charge on any atom is -0.374 e. The van der Waals surface area contributed by atoms with Crippen LogP contribution in [0.3, 0.4) is 0 Å². The summed E-state index contributed by atoms with van der Waals surface area (Å²) >= 11 is 0. The Kier molecular flexibility index (Phi) is 4.96. The van der Waals surface area contributed by atoms with Crippen LogP contribution in [0.15, 0.2) is 30.3 Å². The maximum Gasteiger partial charge on any atom is 0.227 e. The zero-order chi connectivity index (χ0) is 16.2. The highest BCUT2D eigenvalue weighted by Gasteiger charge is 2.35. The van der Waals surface area contributed by atoms with Crippen molar-refractivity contribution >= 4 is 11.8 Å². The first kappa shape index (κ1) is 16.0. The van der Waals surface area contributed by atoms with Crippen LogP contribution in [-0.2, 0) is 20.7 Å². The monoisotopic (exact) mass is 316 g/mol. The Morgan fingerprint density at radius 2 is 1.91 bits per heavy atom. The van der Waals surface area contributed by atoms with Gasteiger partial charge in [-0.2, -0.15) is 0 Å². The molecule has 0 spiro atoms. The highest BCUT2D eigenvalue weighted by atomic mass is 16.5. The lowest BCUT2D eigenvalue weighted by molar-refractivity contribution is -0.136. The van der Waals surface area contributed by atoms with Gasteiger partial charge in [0, 0.05) is 39.0 Å². The van der Waals surface area contributed by atoms with E-state index in [1.54, 1.807) is 6.92 Å². The molecule has 2 fully saturated rings. The van der Waals surface area contributed by atoms with E-state index >= 15 is 0 Å². The molecule has 124 valence electrons. The van der Waals surface area contributed by atoms with E-state index in [1.807, 2.05) is 40.1 Å². The van der Waals surface area contributed by atoms with Crippen LogP contribution >= 0.6 is 0 Å². The van der Waals surface area contributed by atoms with Gasteiger partial charge in [0.05, 0.1) is 19.1 Å². The van der Waals surface area contributed by atoms with Gasteiger partial charge in [-0.15, -0.1) is 0 Å². The molecule has 1 aromatic carbocycles. The molecule has 0 bridgehead atoms. The highest BCUT2D eigenvalue weighted by Crippen LogP contribution is 2.24. The summed E-state index contributed by atoms with van der Waals surface area (Å²) in [6.45, 7) is 4.96. The van der Waals surface area contributed by atoms with Gasteiger partial charge in [-0.05, 0) is 12.0 Å². The number of piperidine rings is 1. The van der Waals surface area contributed by atoms with Crippen molar-refractivity contribution in [3.8, 4) is 0 Å². The van der Waals surface area contributed by atoms with Crippen LogP contribution in [0.4, 0.5) is 0 Å². The van der Waals surface area contributed by atoms with E-state index in [1.165, 1.54) is 0 Å². The van der Waals surface area contributed by atoms with E-state index in [9.17, 15) is 9.59 Å². The maximum absolute atomic E-state index is 12.5. The number of nitrogens with zero attached hydrogens (tertiary/aromatic N) is 2. The Labute approximate surface area is 137 Å². The summed E-state index contributed by atoms with van der Waals surface area (Å²) in [5.41, 5.74) is 1.05. The Balaban J connectivity index is 1.59. The SMILES string of the molecule is CC(=O)N1CCO[C@H]2CN(C(=O)Cc3ccccc3)CC[C@H]2C1. The Bertz CT molecular complexity index is 561. The van der Waals surface area contributed by atoms with E-state index in [4.69, 9.17) is 4.74 Å². The summed E-state index contributed by atoms with van der Waals surface area (Å²) in [5.74, 6) is 0.602. The Hall–Kier alpha value is -1.88. The van der Waals surface area contributed by atoms with Crippen molar-refractivity contribution in [2.75, 3.05) is 32.8 Å². The molecule has 0 aromatic heterocycles. The third-order valence-corrected chi connectivity index (χ3v) is 4.84. The molecule has 2 saturated heterocycles. The van der Waals surface area contributed by atoms with E-state index in [0.717, 1.165) is 25.1 Å². The van der Waals surface area contributed by atoms with Crippen LogP contribution in [0.5, 0.6) is 0 Å². The van der Waals surface area contributed by atoms with Crippen molar-refractivity contribution in [2.24, 2.45) is 5.92 Å². The van der Waals surface area contributed by atoms with Gasteiger partial charge in [-0.25, -0.2) is 0 Å². The molecular weight excluding hydrogens is 292 g/mol. The number of benzene rings is 1. The minimum atomic E-state index is 0.0489. The summed E-state index contributed by atoms with van der Waals surface area (Å²) in [7, 11) is 0. The molecule has 0 aliphatic carbocycles. The van der Waals surface area contributed by atoms with Gasteiger partial charge in [0.25, 0.3) is 0 Å². The fraction of sp³-hybridized carbons (Fsp3) is 0.556. The summed E-state index contributed by atoms with van der Waals surface area (Å²) < 4.78 is 5.93. The largest absolute Gasteiger partial charge is 0.374 e. The molecule has 23 heavy (non-hydrogen) atoms. The summed E-state index contributed by atoms with van der Waals surface area (Å²) in [6, 6.07) is 9.84. The first-order chi connectivity index (χ1) is 11.1. The van der Waals surface area contributed by atoms with Crippen molar-refractivity contribution in [2.45, 2.75) is 25.9 Å². The van der Waals surface area contributed by atoms with Crippen molar-refractivity contribution in [1.82, 2.24) is 9.80 Å². The number of carbonyl (C=O) groups is 2. The summed E-state index contributed by atoms with van der Waals surface area (Å²) in [5, 5.41) is 0. The van der Waals surface area contributed by atoms with Crippen molar-refractivity contribution in [3.63, 3.8) is 0 Å². The van der Waals surface area contributed by atoms with Gasteiger partial charge in [0.15, 0.2) is 0 Å². The predicted octanol–water partition coefficient (Wildman–Crippen LogP) is 1.32. The topological polar surface area (TPSA) is 49.9 Å². The van der Waals surface area contributed by atoms with Crippen molar-refractivity contribution in [3.05, 3.63) is 35.9 Å². The molecule has 0 N–H and O–H groups in total. The van der Waals surface area contributed by atoms with E-state index < -0.39 is 0 Å². The molecule has 0 radical (unpaired) electrons. The zero-order valence-corrected chi connectivity index (χ0v) is 13.6. The quantitative estimate of drug-likeness (QED) is 0.827. The lowest BCUT2D eigenvalue weighted by Gasteiger charge is -2.38. The summed E-state index contributed by atoms with van der Waals surface area (Å²) in [6.07, 6.45) is 1.39. The number of ether oxygens (including phenoxy) is 1. The van der Waals surface area contributed by atoms with Crippen molar-refractivity contribution < 1.29 is 14.3 Å². The predicted molar refractivity (Wildman–Crippen MR) is 86.8 cm³/mol. The van der Waals surface area contributed by atoms with Gasteiger partial charge in [-0.1, -0.05) is 30.3 Å². The van der Waals surface area contributed by atoms with Crippen LogP contribution in [0.1, 0.15) is 18.9 Å². The van der Waals surface area contributed by atoms with E-state index in [-0.39, 0.29) is 17.9 Å². The van der Waals surface area contributed by atoms with Crippen LogP contribution in [-0.4, -0.2) is 60.5 Å². The fourth-order valence-corrected chi connectivity index (χ4v) is 3.45. The van der Waals surface area contributed by atoms with Gasteiger partial charge in [-0.3, -0.25) is 9.59 Å². The number of carbonyl (C=O) groups excluding carboxylic acids is 2. The molecule has 2 heterocycles. The molecule has 5 nitrogen and oxygen atoms in total. The van der Waals surface area contributed by atoms with Gasteiger partial charge >= 0.3 is 0 Å². The number of hydrogen-bond donors (Lipinski definition) is 0. The first-order valence-electron chi connectivity index (χ1n) is 8.32. The smallest absolute Gasteiger partial charge is 0.227 e. The van der Waals surface area contributed by atoms with Gasteiger partial charge in [0.1, 0.15) is 0 Å². The van der Waals surface area contributed by atoms with Gasteiger partial charge < -0.3 is 14.5 Å². The molecule has 2 aliphatic rings. The third kappa shape index (κ3) is 3.91. The average Bonchev–Trinajstić information content (AvgIpc) is 2.77. The molecule has 3 rings (SSSR count). The second kappa shape index (κ2) is 7.13. The fourth-order valence-electron chi connectivity index (χ4n) is 3.45. The molecule has 2 atom stereocenters. The van der Waals surface area contributed by atoms with Crippen LogP contribution in [0.25, 0.3) is 0 Å². The normalized spacial score (nSPS) is 24.7. The lowest BCUT2D eigenvalue weighted by atomic mass is 9.93. The maximum atomic E-state index is 12.5. The first-order valence-corrected chi connectivity index (χ1v) is 8.32. The number of amides is 2. The number of fused-ring (bicyclic) bond motifs is 1. The number of likely N-dealkylation sites (tertiary alicyclic amines) is 1. The number of rotatable bonds is 2. The highest BCUT2D eigenvalue weighted by molar-refractivity contribution is 5.79. The standard InChI is InChI=1S/C18H24N2O3/c1-14(21)19-9-10-23-17-13-20(8-7-16(17)12-19)18(22)11-15-5-3-2-4-6-15/h2-6,16-17H,7-13H2,1H3/t16-,17-/m0/s1. The molecular formula is C18H24N2O3. The summed E-state index contributed by atoms with van der Waals surface area (Å²) in [4.78, 5) is 27.9. The molecule has 0 saturated carbocycles. The molecule has 0 unspecified atom stereocenters. The Morgan fingerprint density at radius 3 is 2.65 bits per heavy atom. The van der Waals surface area contributed by atoms with Crippen LogP contribution in [0, 0.1) is 5.92 Å². The zero-order valence-electron chi connectivity index (χ0n) is 13.6. The second-order valence-corrected chi connectivity index (χ2v) is 6.43. The van der Waals surface area contributed by atoms with Crippen LogP contribution < -0.4 is 0 Å². The molecule has 1 aromatic rings. The second-order valence-electron chi connectivity index (χ2n) is 6.43. The van der Waals surface area contributed by atoms with E-state index in [0.29, 0.717) is 32.0 Å². The van der Waals surface area contributed by atoms with Crippen LogP contribution in [0.2, 0.25) is 0 Å². The number of hydrogen-bond acceptors (Lipinski definition) is 3. The van der Waals surface area contributed by atoms with E-state index in [2.05, 4.69) is 0 Å².